The summed E-state index contributed by atoms with van der Waals surface area (Å²) in [6.07, 6.45) is 0. The number of nitrogens with zero attached hydrogens (tertiary/aromatic N) is 2. The Morgan fingerprint density at radius 3 is 2.02 bits per heavy atom. The van der Waals surface area contributed by atoms with E-state index in [0.717, 1.165) is 39.0 Å². The van der Waals surface area contributed by atoms with Crippen molar-refractivity contribution in [2.45, 2.75) is 46.5 Å². The predicted octanol–water partition coefficient (Wildman–Crippen LogP) is 10.8. The van der Waals surface area contributed by atoms with Gasteiger partial charge in [0.05, 0.1) is 16.7 Å². The van der Waals surface area contributed by atoms with Gasteiger partial charge >= 0.3 is 0 Å². The van der Waals surface area contributed by atoms with Crippen LogP contribution in [0, 0.1) is 6.92 Å². The molecule has 7 aromatic rings. The summed E-state index contributed by atoms with van der Waals surface area (Å²) in [7, 11) is 0. The summed E-state index contributed by atoms with van der Waals surface area (Å²) < 4.78 is 8.77. The summed E-state index contributed by atoms with van der Waals surface area (Å²) in [6, 6.07) is 36.7. The maximum Gasteiger partial charge on any atom is 0.145 e. The van der Waals surface area contributed by atoms with Crippen LogP contribution in [0.4, 0.5) is 0 Å². The van der Waals surface area contributed by atoms with E-state index < -0.39 is 0 Å². The Balaban J connectivity index is 1.56. The van der Waals surface area contributed by atoms with Gasteiger partial charge in [0, 0.05) is 16.3 Å². The highest BCUT2D eigenvalue weighted by molar-refractivity contribution is 6.07. The van der Waals surface area contributed by atoms with Crippen molar-refractivity contribution in [1.29, 1.82) is 0 Å². The number of hydrogen-bond donors (Lipinski definition) is 0. The quantitative estimate of drug-likeness (QED) is 0.220. The minimum Gasteiger partial charge on any atom is -0.456 e. The third-order valence-electron chi connectivity index (χ3n) is 8.24. The molecule has 0 amide bonds. The molecule has 0 bridgehead atoms. The van der Waals surface area contributed by atoms with Gasteiger partial charge in [-0.1, -0.05) is 88.4 Å². The number of benzene rings is 5. The molecule has 0 aliphatic heterocycles. The van der Waals surface area contributed by atoms with E-state index in [0.29, 0.717) is 11.8 Å². The largest absolute Gasteiger partial charge is 0.456 e. The van der Waals surface area contributed by atoms with Crippen molar-refractivity contribution in [3.63, 3.8) is 0 Å². The molecule has 0 fully saturated rings. The molecule has 7 rings (SSSR count). The monoisotopic (exact) mass is 534 g/mol. The Bertz CT molecular complexity index is 2030. The lowest BCUT2D eigenvalue weighted by Gasteiger charge is -2.24. The van der Waals surface area contributed by atoms with Gasteiger partial charge in [0.2, 0.25) is 0 Å². The molecule has 2 heterocycles. The molecule has 2 aromatic heterocycles. The van der Waals surface area contributed by atoms with Gasteiger partial charge < -0.3 is 4.42 Å². The molecule has 3 nitrogen and oxygen atoms in total. The lowest BCUT2D eigenvalue weighted by molar-refractivity contribution is 0.669. The van der Waals surface area contributed by atoms with E-state index in [-0.39, 0.29) is 0 Å². The highest BCUT2D eigenvalue weighted by Crippen LogP contribution is 2.41. The van der Waals surface area contributed by atoms with E-state index in [1.165, 1.54) is 38.9 Å². The van der Waals surface area contributed by atoms with Crippen molar-refractivity contribution in [1.82, 2.24) is 9.55 Å². The van der Waals surface area contributed by atoms with E-state index in [4.69, 9.17) is 9.40 Å². The molecule has 202 valence electrons. The topological polar surface area (TPSA) is 31.0 Å². The third kappa shape index (κ3) is 4.15. The molecule has 0 atom stereocenters. The molecule has 41 heavy (non-hydrogen) atoms. The number of aromatic nitrogens is 2. The van der Waals surface area contributed by atoms with Crippen LogP contribution in [-0.2, 0) is 0 Å². The van der Waals surface area contributed by atoms with Crippen LogP contribution >= 0.6 is 0 Å². The zero-order valence-electron chi connectivity index (χ0n) is 24.3. The molecule has 0 radical (unpaired) electrons. The minimum absolute atomic E-state index is 0.319. The number of para-hydroxylation sites is 3. The first kappa shape index (κ1) is 25.3. The molecule has 0 saturated carbocycles. The summed E-state index contributed by atoms with van der Waals surface area (Å²) in [5, 5.41) is 2.32. The Morgan fingerprint density at radius 1 is 0.634 bits per heavy atom. The highest BCUT2D eigenvalue weighted by atomic mass is 16.3. The van der Waals surface area contributed by atoms with Gasteiger partial charge in [0.1, 0.15) is 17.0 Å². The van der Waals surface area contributed by atoms with Crippen molar-refractivity contribution in [2.24, 2.45) is 0 Å². The highest BCUT2D eigenvalue weighted by Gasteiger charge is 2.24. The van der Waals surface area contributed by atoms with Gasteiger partial charge in [0.25, 0.3) is 0 Å². The summed E-state index contributed by atoms with van der Waals surface area (Å²) in [5.74, 6) is 1.58. The van der Waals surface area contributed by atoms with Gasteiger partial charge in [-0.25, -0.2) is 4.98 Å². The van der Waals surface area contributed by atoms with Crippen LogP contribution in [0.15, 0.2) is 108 Å². The van der Waals surface area contributed by atoms with Crippen LogP contribution in [0.5, 0.6) is 0 Å². The Labute approximate surface area is 241 Å². The second kappa shape index (κ2) is 9.78. The van der Waals surface area contributed by atoms with Crippen LogP contribution in [-0.4, -0.2) is 9.55 Å². The van der Waals surface area contributed by atoms with Gasteiger partial charge in [-0.3, -0.25) is 4.57 Å². The normalized spacial score (nSPS) is 12.0. The molecular formula is C38H34N2O. The van der Waals surface area contributed by atoms with Gasteiger partial charge in [-0.2, -0.15) is 0 Å². The van der Waals surface area contributed by atoms with Crippen molar-refractivity contribution >= 4 is 33.0 Å². The molecule has 0 unspecified atom stereocenters. The van der Waals surface area contributed by atoms with E-state index in [1.807, 2.05) is 12.1 Å². The molecule has 0 N–H and O–H groups in total. The second-order valence-corrected chi connectivity index (χ2v) is 11.7. The molecular weight excluding hydrogens is 500 g/mol. The number of fused-ring (bicyclic) bond motifs is 4. The molecule has 0 aliphatic carbocycles. The van der Waals surface area contributed by atoms with E-state index >= 15 is 0 Å². The molecule has 0 aliphatic rings. The smallest absolute Gasteiger partial charge is 0.145 e. The molecule has 0 saturated heterocycles. The summed E-state index contributed by atoms with van der Waals surface area (Å²) >= 11 is 0. The number of aryl methyl sites for hydroxylation is 1. The van der Waals surface area contributed by atoms with Crippen LogP contribution in [0.1, 0.15) is 56.2 Å². The SMILES string of the molecule is Cc1cc(-c2nc3ccccc3n2-c2c(C(C)C)cc(-c3ccccc3)cc2C(C)C)cc2oc3ccccc3c12. The number of rotatable bonds is 5. The fraction of sp³-hybridized carbons (Fsp3) is 0.184. The zero-order chi connectivity index (χ0) is 28.2. The average molecular weight is 535 g/mol. The lowest BCUT2D eigenvalue weighted by atomic mass is 9.88. The predicted molar refractivity (Wildman–Crippen MR) is 172 cm³/mol. The fourth-order valence-corrected chi connectivity index (χ4v) is 6.25. The molecule has 0 spiro atoms. The van der Waals surface area contributed by atoms with Crippen LogP contribution in [0.3, 0.4) is 0 Å². The molecule has 3 heteroatoms. The maximum absolute atomic E-state index is 6.37. The lowest BCUT2D eigenvalue weighted by Crippen LogP contribution is -2.09. The first-order chi connectivity index (χ1) is 19.9. The summed E-state index contributed by atoms with van der Waals surface area (Å²) in [6.45, 7) is 11.3. The van der Waals surface area contributed by atoms with Gasteiger partial charge in [0.15, 0.2) is 0 Å². The first-order valence-corrected chi connectivity index (χ1v) is 14.5. The van der Waals surface area contributed by atoms with Crippen molar-refractivity contribution in [3.8, 4) is 28.2 Å². The van der Waals surface area contributed by atoms with Crippen molar-refractivity contribution < 1.29 is 4.42 Å². The number of furan rings is 1. The maximum atomic E-state index is 6.37. The van der Waals surface area contributed by atoms with E-state index in [2.05, 4.69) is 130 Å². The average Bonchev–Trinajstić information content (AvgIpc) is 3.55. The van der Waals surface area contributed by atoms with Gasteiger partial charge in [-0.15, -0.1) is 0 Å². The first-order valence-electron chi connectivity index (χ1n) is 14.5. The third-order valence-corrected chi connectivity index (χ3v) is 8.24. The van der Waals surface area contributed by atoms with Gasteiger partial charge in [-0.05, 0) is 89.0 Å². The Hall–Kier alpha value is -4.63. The standard InChI is InChI=1S/C38H34N2O/c1-23(2)30-20-27(26-13-7-6-8-14-26)21-31(24(3)4)37(30)40-33-17-11-10-16-32(33)39-38(40)28-19-25(5)36-29-15-9-12-18-34(29)41-35(36)22-28/h6-24H,1-5H3. The van der Waals surface area contributed by atoms with Crippen molar-refractivity contribution in [3.05, 3.63) is 120 Å². The molecule has 5 aromatic carbocycles. The second-order valence-electron chi connectivity index (χ2n) is 11.7. The van der Waals surface area contributed by atoms with Crippen LogP contribution < -0.4 is 0 Å². The Morgan fingerprint density at radius 2 is 1.29 bits per heavy atom. The summed E-state index contributed by atoms with van der Waals surface area (Å²) in [4.78, 5) is 5.26. The van der Waals surface area contributed by atoms with E-state index in [1.54, 1.807) is 0 Å². The van der Waals surface area contributed by atoms with Crippen LogP contribution in [0.25, 0.3) is 61.2 Å². The van der Waals surface area contributed by atoms with Crippen LogP contribution in [0.2, 0.25) is 0 Å². The Kier molecular flexibility index (Phi) is 6.04. The van der Waals surface area contributed by atoms with E-state index in [9.17, 15) is 0 Å². The minimum atomic E-state index is 0.319. The van der Waals surface area contributed by atoms with Crippen molar-refractivity contribution in [2.75, 3.05) is 0 Å². The number of imidazole rings is 1. The zero-order valence-corrected chi connectivity index (χ0v) is 24.3. The number of hydrogen-bond acceptors (Lipinski definition) is 2. The fourth-order valence-electron chi connectivity index (χ4n) is 6.25. The summed E-state index contributed by atoms with van der Waals surface area (Å²) in [5.41, 5.74) is 12.5.